The summed E-state index contributed by atoms with van der Waals surface area (Å²) in [6.07, 6.45) is 7.59. The zero-order valence-corrected chi connectivity index (χ0v) is 13.7. The number of pyridine rings is 1. The molecule has 0 unspecified atom stereocenters. The zero-order chi connectivity index (χ0) is 17.1. The second kappa shape index (κ2) is 6.94. The van der Waals surface area contributed by atoms with Crippen LogP contribution in [0.25, 0.3) is 5.69 Å². The van der Waals surface area contributed by atoms with E-state index in [2.05, 4.69) is 10.1 Å². The Morgan fingerprint density at radius 3 is 2.72 bits per heavy atom. The summed E-state index contributed by atoms with van der Waals surface area (Å²) in [6.45, 7) is 0.740. The van der Waals surface area contributed by atoms with Crippen LogP contribution in [0.5, 0.6) is 17.4 Å². The van der Waals surface area contributed by atoms with E-state index >= 15 is 0 Å². The zero-order valence-electron chi connectivity index (χ0n) is 13.7. The summed E-state index contributed by atoms with van der Waals surface area (Å²) in [5.41, 5.74) is 1.55. The summed E-state index contributed by atoms with van der Waals surface area (Å²) in [5.74, 6) is 2.72. The maximum Gasteiger partial charge on any atom is 0.219 e. The lowest BCUT2D eigenvalue weighted by Crippen LogP contribution is -1.99. The molecule has 1 aromatic carbocycles. The molecule has 1 fully saturated rings. The number of aliphatic hydroxyl groups excluding tert-OH is 1. The maximum atomic E-state index is 9.10. The number of aromatic nitrogens is 3. The summed E-state index contributed by atoms with van der Waals surface area (Å²) in [6, 6.07) is 11.2. The Balaban J connectivity index is 1.42. The highest BCUT2D eigenvalue weighted by atomic mass is 16.5. The molecule has 0 bridgehead atoms. The lowest BCUT2D eigenvalue weighted by molar-refractivity contribution is 0.282. The molecule has 2 heterocycles. The van der Waals surface area contributed by atoms with E-state index in [-0.39, 0.29) is 6.61 Å². The van der Waals surface area contributed by atoms with E-state index in [1.807, 2.05) is 30.3 Å². The highest BCUT2D eigenvalue weighted by molar-refractivity contribution is 5.37. The number of rotatable bonds is 7. The standard InChI is InChI=1S/C19H19N3O3/c23-12-15-9-21-22(11-15)16-6-7-19(20-10-16)25-18-3-1-2-17(8-18)24-13-14-4-5-14/h1-3,6-11,14,23H,4-5,12-13H2. The van der Waals surface area contributed by atoms with Crippen LogP contribution < -0.4 is 9.47 Å². The Bertz CT molecular complexity index is 841. The predicted octanol–water partition coefficient (Wildman–Crippen LogP) is 3.34. The van der Waals surface area contributed by atoms with E-state index in [9.17, 15) is 0 Å². The molecule has 0 spiro atoms. The summed E-state index contributed by atoms with van der Waals surface area (Å²) >= 11 is 0. The van der Waals surface area contributed by atoms with Gasteiger partial charge in [0.25, 0.3) is 0 Å². The number of benzene rings is 1. The van der Waals surface area contributed by atoms with Gasteiger partial charge in [-0.3, -0.25) is 0 Å². The van der Waals surface area contributed by atoms with Crippen molar-refractivity contribution >= 4 is 0 Å². The van der Waals surface area contributed by atoms with Gasteiger partial charge in [0.2, 0.25) is 5.88 Å². The molecular formula is C19H19N3O3. The molecule has 0 aliphatic heterocycles. The Kier molecular flexibility index (Phi) is 4.35. The SMILES string of the molecule is OCc1cnn(-c2ccc(Oc3cccc(OCC4CC4)c3)nc2)c1. The van der Waals surface area contributed by atoms with Crippen molar-refractivity contribution in [3.05, 3.63) is 60.6 Å². The van der Waals surface area contributed by atoms with Gasteiger partial charge >= 0.3 is 0 Å². The molecule has 0 amide bonds. The van der Waals surface area contributed by atoms with E-state index < -0.39 is 0 Å². The number of hydrogen-bond donors (Lipinski definition) is 1. The number of ether oxygens (including phenoxy) is 2. The average molecular weight is 337 g/mol. The Labute approximate surface area is 145 Å². The largest absolute Gasteiger partial charge is 0.493 e. The van der Waals surface area contributed by atoms with Crippen molar-refractivity contribution in [3.63, 3.8) is 0 Å². The van der Waals surface area contributed by atoms with Gasteiger partial charge in [-0.2, -0.15) is 5.10 Å². The molecule has 4 rings (SSSR count). The average Bonchev–Trinajstić information content (AvgIpc) is 3.36. The molecule has 25 heavy (non-hydrogen) atoms. The minimum absolute atomic E-state index is 0.0339. The fourth-order valence-electron chi connectivity index (χ4n) is 2.40. The molecule has 0 atom stereocenters. The molecule has 1 aliphatic carbocycles. The molecule has 2 aromatic heterocycles. The van der Waals surface area contributed by atoms with Crippen molar-refractivity contribution in [2.75, 3.05) is 6.61 Å². The minimum Gasteiger partial charge on any atom is -0.493 e. The molecule has 0 radical (unpaired) electrons. The van der Waals surface area contributed by atoms with Crippen LogP contribution >= 0.6 is 0 Å². The van der Waals surface area contributed by atoms with Crippen LogP contribution in [0.1, 0.15) is 18.4 Å². The summed E-state index contributed by atoms with van der Waals surface area (Å²) in [5, 5.41) is 13.3. The summed E-state index contributed by atoms with van der Waals surface area (Å²) in [7, 11) is 0. The van der Waals surface area contributed by atoms with Gasteiger partial charge in [-0.15, -0.1) is 0 Å². The van der Waals surface area contributed by atoms with Gasteiger partial charge in [0.05, 0.1) is 31.3 Å². The van der Waals surface area contributed by atoms with E-state index in [1.54, 1.807) is 29.3 Å². The van der Waals surface area contributed by atoms with Gasteiger partial charge in [0.15, 0.2) is 0 Å². The first-order valence-electron chi connectivity index (χ1n) is 8.32. The van der Waals surface area contributed by atoms with E-state index in [4.69, 9.17) is 14.6 Å². The van der Waals surface area contributed by atoms with Crippen LogP contribution in [0.2, 0.25) is 0 Å². The molecule has 3 aromatic rings. The lowest BCUT2D eigenvalue weighted by Gasteiger charge is -2.09. The van der Waals surface area contributed by atoms with Gasteiger partial charge in [0.1, 0.15) is 11.5 Å². The minimum atomic E-state index is -0.0339. The van der Waals surface area contributed by atoms with Crippen LogP contribution in [-0.4, -0.2) is 26.5 Å². The number of hydrogen-bond acceptors (Lipinski definition) is 5. The van der Waals surface area contributed by atoms with Crippen LogP contribution in [0, 0.1) is 5.92 Å². The Hall–Kier alpha value is -2.86. The maximum absolute atomic E-state index is 9.10. The second-order valence-electron chi connectivity index (χ2n) is 6.14. The van der Waals surface area contributed by atoms with Gasteiger partial charge in [-0.25, -0.2) is 9.67 Å². The first-order valence-corrected chi connectivity index (χ1v) is 8.32. The smallest absolute Gasteiger partial charge is 0.219 e. The summed E-state index contributed by atoms with van der Waals surface area (Å²) < 4.78 is 13.2. The Morgan fingerprint density at radius 2 is 2.00 bits per heavy atom. The number of aliphatic hydroxyl groups is 1. The van der Waals surface area contributed by atoms with E-state index in [0.717, 1.165) is 23.6 Å². The van der Waals surface area contributed by atoms with Crippen LogP contribution in [-0.2, 0) is 6.61 Å². The molecule has 1 saturated carbocycles. The second-order valence-corrected chi connectivity index (χ2v) is 6.14. The molecule has 6 nitrogen and oxygen atoms in total. The van der Waals surface area contributed by atoms with Crippen LogP contribution in [0.15, 0.2) is 55.0 Å². The normalized spacial score (nSPS) is 13.6. The quantitative estimate of drug-likeness (QED) is 0.716. The Morgan fingerprint density at radius 1 is 1.12 bits per heavy atom. The third kappa shape index (κ3) is 3.97. The van der Waals surface area contributed by atoms with Gasteiger partial charge in [-0.05, 0) is 37.0 Å². The fraction of sp³-hybridized carbons (Fsp3) is 0.263. The first kappa shape index (κ1) is 15.7. The molecule has 1 N–H and O–H groups in total. The molecule has 0 saturated heterocycles. The highest BCUT2D eigenvalue weighted by Crippen LogP contribution is 2.30. The van der Waals surface area contributed by atoms with Gasteiger partial charge < -0.3 is 14.6 Å². The highest BCUT2D eigenvalue weighted by Gasteiger charge is 2.21. The van der Waals surface area contributed by atoms with Crippen molar-refractivity contribution < 1.29 is 14.6 Å². The molecule has 1 aliphatic rings. The fourth-order valence-corrected chi connectivity index (χ4v) is 2.40. The van der Waals surface area contributed by atoms with Crippen LogP contribution in [0.3, 0.4) is 0 Å². The predicted molar refractivity (Wildman–Crippen MR) is 92.0 cm³/mol. The van der Waals surface area contributed by atoms with Crippen molar-refractivity contribution in [1.82, 2.24) is 14.8 Å². The third-order valence-corrected chi connectivity index (χ3v) is 4.01. The lowest BCUT2D eigenvalue weighted by atomic mass is 10.3. The molecule has 128 valence electrons. The van der Waals surface area contributed by atoms with Crippen molar-refractivity contribution in [2.24, 2.45) is 5.92 Å². The number of nitrogens with zero attached hydrogens (tertiary/aromatic N) is 3. The monoisotopic (exact) mass is 337 g/mol. The molecule has 6 heteroatoms. The molecular weight excluding hydrogens is 318 g/mol. The van der Waals surface area contributed by atoms with E-state index in [0.29, 0.717) is 17.5 Å². The topological polar surface area (TPSA) is 69.4 Å². The first-order chi connectivity index (χ1) is 12.3. The summed E-state index contributed by atoms with van der Waals surface area (Å²) in [4.78, 5) is 4.31. The van der Waals surface area contributed by atoms with Crippen LogP contribution in [0.4, 0.5) is 0 Å². The van der Waals surface area contributed by atoms with Gasteiger partial charge in [0, 0.05) is 23.9 Å². The van der Waals surface area contributed by atoms with E-state index in [1.165, 1.54) is 12.8 Å². The van der Waals surface area contributed by atoms with Gasteiger partial charge in [-0.1, -0.05) is 6.07 Å². The van der Waals surface area contributed by atoms with Crippen molar-refractivity contribution in [1.29, 1.82) is 0 Å². The van der Waals surface area contributed by atoms with Crippen molar-refractivity contribution in [3.8, 4) is 23.1 Å². The third-order valence-electron chi connectivity index (χ3n) is 4.01. The van der Waals surface area contributed by atoms with Crippen molar-refractivity contribution in [2.45, 2.75) is 19.4 Å².